The number of halogens is 3. The normalized spacial score (nSPS) is 12.5. The quantitative estimate of drug-likeness (QED) is 0.906. The number of hydrogen-bond acceptors (Lipinski definition) is 2. The molecule has 0 aliphatic rings. The molecule has 0 heterocycles. The van der Waals surface area contributed by atoms with E-state index >= 15 is 0 Å². The maximum absolute atomic E-state index is 13.6. The Hall–Kier alpha value is -1.46. The summed E-state index contributed by atoms with van der Waals surface area (Å²) >= 11 is 1.02. The molecular weight excluding hydrogens is 273 g/mol. The van der Waals surface area contributed by atoms with Crippen molar-refractivity contribution in [3.05, 3.63) is 59.4 Å². The van der Waals surface area contributed by atoms with Crippen LogP contribution in [0.15, 0.2) is 46.2 Å². The third kappa shape index (κ3) is 3.30. The second kappa shape index (κ2) is 5.67. The van der Waals surface area contributed by atoms with Gasteiger partial charge in [0.15, 0.2) is 0 Å². The lowest BCUT2D eigenvalue weighted by Gasteiger charge is -2.12. The Balaban J connectivity index is 2.38. The van der Waals surface area contributed by atoms with Gasteiger partial charge in [-0.15, -0.1) is 0 Å². The highest BCUT2D eigenvalue weighted by molar-refractivity contribution is 7.99. The van der Waals surface area contributed by atoms with Crippen molar-refractivity contribution in [1.29, 1.82) is 0 Å². The first kappa shape index (κ1) is 14.0. The molecule has 19 heavy (non-hydrogen) atoms. The smallest absolute Gasteiger partial charge is 0.140 e. The summed E-state index contributed by atoms with van der Waals surface area (Å²) in [6.07, 6.45) is -0.873. The first-order valence-corrected chi connectivity index (χ1v) is 6.39. The van der Waals surface area contributed by atoms with Crippen molar-refractivity contribution < 1.29 is 18.3 Å². The second-order valence-electron chi connectivity index (χ2n) is 4.03. The molecule has 2 rings (SSSR count). The fourth-order valence-corrected chi connectivity index (χ4v) is 2.63. The molecule has 5 heteroatoms. The molecule has 0 spiro atoms. The molecule has 1 nitrogen and oxygen atoms in total. The van der Waals surface area contributed by atoms with Gasteiger partial charge in [-0.25, -0.2) is 13.2 Å². The van der Waals surface area contributed by atoms with Crippen molar-refractivity contribution in [3.63, 3.8) is 0 Å². The Morgan fingerprint density at radius 3 is 2.11 bits per heavy atom. The molecule has 0 aliphatic heterocycles. The van der Waals surface area contributed by atoms with Crippen LogP contribution in [-0.4, -0.2) is 5.11 Å². The van der Waals surface area contributed by atoms with Gasteiger partial charge >= 0.3 is 0 Å². The Bertz CT molecular complexity index is 599. The molecule has 0 amide bonds. The maximum atomic E-state index is 13.6. The lowest BCUT2D eigenvalue weighted by atomic mass is 10.1. The average molecular weight is 284 g/mol. The zero-order valence-electron chi connectivity index (χ0n) is 10.0. The summed E-state index contributed by atoms with van der Waals surface area (Å²) in [5.74, 6) is -1.82. The maximum Gasteiger partial charge on any atom is 0.140 e. The molecule has 1 unspecified atom stereocenters. The van der Waals surface area contributed by atoms with Crippen LogP contribution in [0, 0.1) is 17.5 Å². The van der Waals surface area contributed by atoms with Crippen LogP contribution in [-0.2, 0) is 0 Å². The van der Waals surface area contributed by atoms with E-state index in [0.717, 1.165) is 23.9 Å². The summed E-state index contributed by atoms with van der Waals surface area (Å²) in [6, 6.07) is 7.14. The molecule has 100 valence electrons. The summed E-state index contributed by atoms with van der Waals surface area (Å²) < 4.78 is 39.5. The third-order valence-electron chi connectivity index (χ3n) is 2.54. The van der Waals surface area contributed by atoms with Crippen molar-refractivity contribution in [2.24, 2.45) is 0 Å². The van der Waals surface area contributed by atoms with E-state index in [2.05, 4.69) is 0 Å². The highest BCUT2D eigenvalue weighted by Gasteiger charge is 2.13. The second-order valence-corrected chi connectivity index (χ2v) is 5.12. The summed E-state index contributed by atoms with van der Waals surface area (Å²) in [6.45, 7) is 1.50. The largest absolute Gasteiger partial charge is 0.389 e. The molecule has 2 aromatic rings. The molecule has 0 aliphatic carbocycles. The summed E-state index contributed by atoms with van der Waals surface area (Å²) in [7, 11) is 0. The van der Waals surface area contributed by atoms with Gasteiger partial charge in [0.05, 0.1) is 6.10 Å². The zero-order valence-corrected chi connectivity index (χ0v) is 10.8. The average Bonchev–Trinajstić information content (AvgIpc) is 2.34. The van der Waals surface area contributed by atoms with E-state index in [1.807, 2.05) is 0 Å². The Morgan fingerprint density at radius 1 is 0.947 bits per heavy atom. The first-order valence-electron chi connectivity index (χ1n) is 5.58. The van der Waals surface area contributed by atoms with Crippen LogP contribution in [0.3, 0.4) is 0 Å². The van der Waals surface area contributed by atoms with E-state index in [0.29, 0.717) is 10.5 Å². The van der Waals surface area contributed by atoms with Crippen molar-refractivity contribution in [1.82, 2.24) is 0 Å². The summed E-state index contributed by atoms with van der Waals surface area (Å²) in [4.78, 5) is 0.747. The Labute approximate surface area is 113 Å². The van der Waals surface area contributed by atoms with Crippen LogP contribution in [0.2, 0.25) is 0 Å². The minimum atomic E-state index is -0.873. The SMILES string of the molecule is CC(O)c1cc(F)ccc1Sc1ccc(F)cc1F. The van der Waals surface area contributed by atoms with E-state index in [1.165, 1.54) is 31.2 Å². The van der Waals surface area contributed by atoms with Crippen LogP contribution in [0.1, 0.15) is 18.6 Å². The van der Waals surface area contributed by atoms with Crippen molar-refractivity contribution in [2.75, 3.05) is 0 Å². The predicted molar refractivity (Wildman–Crippen MR) is 67.5 cm³/mol. The molecular formula is C14H11F3OS. The predicted octanol–water partition coefficient (Wildman–Crippen LogP) is 4.31. The van der Waals surface area contributed by atoms with Crippen LogP contribution < -0.4 is 0 Å². The molecule has 0 radical (unpaired) electrons. The number of benzene rings is 2. The van der Waals surface area contributed by atoms with Crippen LogP contribution in [0.5, 0.6) is 0 Å². The van der Waals surface area contributed by atoms with Gasteiger partial charge in [-0.3, -0.25) is 0 Å². The van der Waals surface area contributed by atoms with E-state index in [9.17, 15) is 18.3 Å². The van der Waals surface area contributed by atoms with Crippen LogP contribution >= 0.6 is 11.8 Å². The monoisotopic (exact) mass is 284 g/mol. The fraction of sp³-hybridized carbons (Fsp3) is 0.143. The molecule has 0 saturated carbocycles. The molecule has 1 atom stereocenters. The lowest BCUT2D eigenvalue weighted by molar-refractivity contribution is 0.196. The summed E-state index contributed by atoms with van der Waals surface area (Å²) in [5, 5.41) is 9.59. The highest BCUT2D eigenvalue weighted by Crippen LogP contribution is 2.35. The first-order chi connectivity index (χ1) is 8.97. The van der Waals surface area contributed by atoms with Gasteiger partial charge in [0.1, 0.15) is 17.5 Å². The third-order valence-corrected chi connectivity index (χ3v) is 3.68. The standard InChI is InChI=1S/C14H11F3OS/c1-8(18)11-6-9(15)2-4-13(11)19-14-5-3-10(16)7-12(14)17/h2-8,18H,1H3. The molecule has 0 bridgehead atoms. The topological polar surface area (TPSA) is 20.2 Å². The molecule has 0 saturated heterocycles. The van der Waals surface area contributed by atoms with Crippen molar-refractivity contribution in [2.45, 2.75) is 22.8 Å². The van der Waals surface area contributed by atoms with E-state index in [1.54, 1.807) is 0 Å². The van der Waals surface area contributed by atoms with Crippen LogP contribution in [0.25, 0.3) is 0 Å². The van der Waals surface area contributed by atoms with Gasteiger partial charge in [-0.05, 0) is 42.8 Å². The van der Waals surface area contributed by atoms with Gasteiger partial charge < -0.3 is 5.11 Å². The molecule has 2 aromatic carbocycles. The highest BCUT2D eigenvalue weighted by atomic mass is 32.2. The fourth-order valence-electron chi connectivity index (χ4n) is 1.62. The molecule has 0 fully saturated rings. The number of aliphatic hydroxyl groups excluding tert-OH is 1. The number of hydrogen-bond donors (Lipinski definition) is 1. The molecule has 0 aromatic heterocycles. The van der Waals surface area contributed by atoms with E-state index in [-0.39, 0.29) is 4.90 Å². The zero-order chi connectivity index (χ0) is 14.0. The van der Waals surface area contributed by atoms with E-state index in [4.69, 9.17) is 0 Å². The van der Waals surface area contributed by atoms with Gasteiger partial charge in [0.25, 0.3) is 0 Å². The minimum absolute atomic E-state index is 0.218. The van der Waals surface area contributed by atoms with Crippen molar-refractivity contribution in [3.8, 4) is 0 Å². The summed E-state index contributed by atoms with van der Waals surface area (Å²) in [5.41, 5.74) is 0.369. The van der Waals surface area contributed by atoms with Gasteiger partial charge in [0.2, 0.25) is 0 Å². The van der Waals surface area contributed by atoms with Gasteiger partial charge in [-0.1, -0.05) is 11.8 Å². The lowest BCUT2D eigenvalue weighted by Crippen LogP contribution is -1.95. The Kier molecular flexibility index (Phi) is 4.17. The number of aliphatic hydroxyl groups is 1. The van der Waals surface area contributed by atoms with Gasteiger partial charge in [-0.2, -0.15) is 0 Å². The van der Waals surface area contributed by atoms with Crippen molar-refractivity contribution >= 4 is 11.8 Å². The van der Waals surface area contributed by atoms with Gasteiger partial charge in [0, 0.05) is 15.9 Å². The van der Waals surface area contributed by atoms with Crippen LogP contribution in [0.4, 0.5) is 13.2 Å². The molecule has 1 N–H and O–H groups in total. The Morgan fingerprint density at radius 2 is 1.53 bits per heavy atom. The van der Waals surface area contributed by atoms with E-state index < -0.39 is 23.6 Å². The number of rotatable bonds is 3. The minimum Gasteiger partial charge on any atom is -0.389 e.